The molecule has 2 spiro atoms. The fourth-order valence-electron chi connectivity index (χ4n) is 3.91. The van der Waals surface area contributed by atoms with Gasteiger partial charge in [-0.25, -0.2) is 0 Å². The molecule has 2 heterocycles. The summed E-state index contributed by atoms with van der Waals surface area (Å²) in [5.74, 6) is -1.00. The first-order valence-electron chi connectivity index (χ1n) is 8.98. The van der Waals surface area contributed by atoms with Gasteiger partial charge in [-0.1, -0.05) is 27.7 Å². The van der Waals surface area contributed by atoms with Crippen molar-refractivity contribution in [3.63, 3.8) is 0 Å². The van der Waals surface area contributed by atoms with Crippen LogP contribution in [0.15, 0.2) is 0 Å². The second kappa shape index (κ2) is 6.18. The third kappa shape index (κ3) is 3.02. The predicted molar refractivity (Wildman–Crippen MR) is 87.2 cm³/mol. The minimum Gasteiger partial charge on any atom is -0.396 e. The largest absolute Gasteiger partial charge is 0.396 e. The first kappa shape index (κ1) is 18.5. The van der Waals surface area contributed by atoms with Gasteiger partial charge < -0.3 is 29.2 Å². The van der Waals surface area contributed by atoms with E-state index in [1.165, 1.54) is 0 Å². The van der Waals surface area contributed by atoms with Gasteiger partial charge in [0.15, 0.2) is 11.6 Å². The first-order chi connectivity index (χ1) is 11.2. The molecule has 0 aromatic rings. The molecule has 140 valence electrons. The maximum Gasteiger partial charge on any atom is 0.171 e. The summed E-state index contributed by atoms with van der Waals surface area (Å²) >= 11 is 0. The van der Waals surface area contributed by atoms with Crippen LogP contribution in [-0.4, -0.2) is 61.4 Å². The average molecular weight is 344 g/mol. The molecular formula is C18H32O6. The van der Waals surface area contributed by atoms with Gasteiger partial charge in [0.25, 0.3) is 0 Å². The van der Waals surface area contributed by atoms with Crippen LogP contribution in [0.3, 0.4) is 0 Å². The van der Waals surface area contributed by atoms with Crippen LogP contribution in [0, 0.1) is 22.7 Å². The molecule has 3 rings (SSSR count). The van der Waals surface area contributed by atoms with Crippen LogP contribution < -0.4 is 0 Å². The zero-order chi connectivity index (χ0) is 17.6. The molecule has 0 aromatic carbocycles. The van der Waals surface area contributed by atoms with Crippen molar-refractivity contribution in [2.24, 2.45) is 22.7 Å². The van der Waals surface area contributed by atoms with Crippen molar-refractivity contribution in [2.45, 2.75) is 52.1 Å². The van der Waals surface area contributed by atoms with Crippen molar-refractivity contribution in [2.75, 3.05) is 39.6 Å². The average Bonchev–Trinajstić information content (AvgIpc) is 2.58. The summed E-state index contributed by atoms with van der Waals surface area (Å²) in [7, 11) is 0. The summed E-state index contributed by atoms with van der Waals surface area (Å²) in [6.07, 6.45) is 1.40. The molecule has 1 aliphatic carbocycles. The van der Waals surface area contributed by atoms with E-state index in [4.69, 9.17) is 18.9 Å². The fourth-order valence-corrected chi connectivity index (χ4v) is 3.91. The van der Waals surface area contributed by atoms with Gasteiger partial charge in [0, 0.05) is 35.5 Å². The predicted octanol–water partition coefficient (Wildman–Crippen LogP) is 1.54. The molecule has 0 aromatic heterocycles. The molecule has 6 heteroatoms. The minimum atomic E-state index is -0.621. The lowest BCUT2D eigenvalue weighted by atomic mass is 9.72. The number of hydrogen-bond donors (Lipinski definition) is 2. The maximum atomic E-state index is 9.51. The van der Waals surface area contributed by atoms with E-state index in [0.717, 1.165) is 0 Å². The van der Waals surface area contributed by atoms with E-state index in [0.29, 0.717) is 39.3 Å². The Balaban J connectivity index is 1.70. The van der Waals surface area contributed by atoms with E-state index in [1.54, 1.807) is 0 Å². The second-order valence-corrected chi connectivity index (χ2v) is 8.93. The van der Waals surface area contributed by atoms with Crippen LogP contribution in [0.5, 0.6) is 0 Å². The van der Waals surface area contributed by atoms with Crippen LogP contribution in [0.2, 0.25) is 0 Å². The van der Waals surface area contributed by atoms with Gasteiger partial charge >= 0.3 is 0 Å². The smallest absolute Gasteiger partial charge is 0.171 e. The summed E-state index contributed by atoms with van der Waals surface area (Å²) in [5, 5.41) is 19.0. The molecule has 2 atom stereocenters. The molecule has 6 nitrogen and oxygen atoms in total. The minimum absolute atomic E-state index is 0.0584. The van der Waals surface area contributed by atoms with Crippen LogP contribution in [0.1, 0.15) is 40.5 Å². The standard InChI is InChI=1S/C18H32O6/c1-13-5-18(23-11-16(4,8-20)12-24-18)14(2)6-17(13)21-9-15(3,7-19)10-22-17/h13-14,19-20H,5-12H2,1-4H3. The molecule has 2 N–H and O–H groups in total. The van der Waals surface area contributed by atoms with Gasteiger partial charge in [0.2, 0.25) is 0 Å². The Labute approximate surface area is 144 Å². The van der Waals surface area contributed by atoms with E-state index in [2.05, 4.69) is 13.8 Å². The van der Waals surface area contributed by atoms with Crippen LogP contribution in [0.25, 0.3) is 0 Å². The SMILES string of the molecule is CC1CC2(OCC(C)(CO)CO2)C(C)CC12OCC(C)(CO)CO2. The third-order valence-electron chi connectivity index (χ3n) is 6.11. The summed E-state index contributed by atoms with van der Waals surface area (Å²) in [5.41, 5.74) is -0.658. The van der Waals surface area contributed by atoms with Crippen molar-refractivity contribution >= 4 is 0 Å². The summed E-state index contributed by atoms with van der Waals surface area (Å²) in [4.78, 5) is 0. The number of rotatable bonds is 2. The van der Waals surface area contributed by atoms with Gasteiger partial charge in [-0.2, -0.15) is 0 Å². The maximum absolute atomic E-state index is 9.51. The molecule has 0 amide bonds. The number of ether oxygens (including phenoxy) is 4. The van der Waals surface area contributed by atoms with Crippen molar-refractivity contribution in [1.82, 2.24) is 0 Å². The summed E-state index contributed by atoms with van der Waals surface area (Å²) in [6, 6.07) is 0. The number of hydrogen-bond acceptors (Lipinski definition) is 6. The highest BCUT2D eigenvalue weighted by Crippen LogP contribution is 2.52. The Bertz CT molecular complexity index is 406. The molecule has 0 bridgehead atoms. The lowest BCUT2D eigenvalue weighted by Crippen LogP contribution is -2.64. The molecule has 24 heavy (non-hydrogen) atoms. The zero-order valence-electron chi connectivity index (χ0n) is 15.3. The first-order valence-corrected chi connectivity index (χ1v) is 8.98. The highest BCUT2D eigenvalue weighted by Gasteiger charge is 2.58. The topological polar surface area (TPSA) is 77.4 Å². The Kier molecular flexibility index (Phi) is 4.78. The summed E-state index contributed by atoms with van der Waals surface area (Å²) < 4.78 is 24.6. The Morgan fingerprint density at radius 3 is 1.25 bits per heavy atom. The van der Waals surface area contributed by atoms with Crippen LogP contribution in [0.4, 0.5) is 0 Å². The third-order valence-corrected chi connectivity index (χ3v) is 6.11. The molecule has 2 aliphatic heterocycles. The van der Waals surface area contributed by atoms with Gasteiger partial charge in [-0.3, -0.25) is 0 Å². The molecule has 0 radical (unpaired) electrons. The molecule has 3 aliphatic rings. The molecule has 3 fully saturated rings. The van der Waals surface area contributed by atoms with Gasteiger partial charge in [-0.05, 0) is 0 Å². The van der Waals surface area contributed by atoms with Gasteiger partial charge in [-0.15, -0.1) is 0 Å². The Hall–Kier alpha value is -0.240. The van der Waals surface area contributed by atoms with Crippen molar-refractivity contribution < 1.29 is 29.2 Å². The monoisotopic (exact) mass is 344 g/mol. The molecular weight excluding hydrogens is 312 g/mol. The van der Waals surface area contributed by atoms with E-state index in [1.807, 2.05) is 13.8 Å². The van der Waals surface area contributed by atoms with Crippen molar-refractivity contribution in [1.29, 1.82) is 0 Å². The highest BCUT2D eigenvalue weighted by molar-refractivity contribution is 4.99. The quantitative estimate of drug-likeness (QED) is 0.791. The van der Waals surface area contributed by atoms with Gasteiger partial charge in [0.05, 0.1) is 39.6 Å². The number of aliphatic hydroxyl groups is 2. The normalized spacial score (nSPS) is 52.8. The van der Waals surface area contributed by atoms with E-state index >= 15 is 0 Å². The van der Waals surface area contributed by atoms with Crippen LogP contribution in [-0.2, 0) is 18.9 Å². The van der Waals surface area contributed by atoms with Crippen molar-refractivity contribution in [3.05, 3.63) is 0 Å². The van der Waals surface area contributed by atoms with E-state index in [9.17, 15) is 10.2 Å². The van der Waals surface area contributed by atoms with Crippen molar-refractivity contribution in [3.8, 4) is 0 Å². The highest BCUT2D eigenvalue weighted by atomic mass is 16.7. The Morgan fingerprint density at radius 1 is 0.708 bits per heavy atom. The molecule has 2 unspecified atom stereocenters. The lowest BCUT2D eigenvalue weighted by molar-refractivity contribution is -0.400. The summed E-state index contributed by atoms with van der Waals surface area (Å²) in [6.45, 7) is 10.3. The van der Waals surface area contributed by atoms with E-state index < -0.39 is 11.6 Å². The Morgan fingerprint density at radius 2 is 1.00 bits per heavy atom. The number of aliphatic hydroxyl groups excluding tert-OH is 2. The van der Waals surface area contributed by atoms with Gasteiger partial charge in [0.1, 0.15) is 0 Å². The van der Waals surface area contributed by atoms with E-state index in [-0.39, 0.29) is 35.9 Å². The lowest BCUT2D eigenvalue weighted by Gasteiger charge is -2.57. The fraction of sp³-hybridized carbons (Fsp3) is 1.00. The molecule has 1 saturated carbocycles. The zero-order valence-corrected chi connectivity index (χ0v) is 15.3. The molecule has 2 saturated heterocycles. The second-order valence-electron chi connectivity index (χ2n) is 8.93. The van der Waals surface area contributed by atoms with Crippen LogP contribution >= 0.6 is 0 Å².